The fraction of sp³-hybridized carbons (Fsp3) is 0.0615. The summed E-state index contributed by atoms with van der Waals surface area (Å²) in [4.78, 5) is 14.2. The number of para-hydroxylation sites is 2. The minimum Gasteiger partial charge on any atom is -0.398 e. The van der Waals surface area contributed by atoms with Gasteiger partial charge in [0.1, 0.15) is 0 Å². The second-order valence-electron chi connectivity index (χ2n) is 17.2. The number of hydrogen-bond donors (Lipinski definition) is 3. The maximum Gasteiger partial charge on any atom is 0.0701 e. The molecule has 1 aliphatic carbocycles. The molecule has 10 rings (SSSR count). The van der Waals surface area contributed by atoms with E-state index in [1.165, 1.54) is 27.8 Å². The Morgan fingerprint density at radius 3 is 1.83 bits per heavy atom. The van der Waals surface area contributed by atoms with Gasteiger partial charge in [-0.25, -0.2) is 0 Å². The largest absolute Gasteiger partial charge is 0.398 e. The fourth-order valence-corrected chi connectivity index (χ4v) is 8.54. The standard InChI is InChI=1S/C62H50N6.C3H6/c63-58(45-29-31-47(32-30-45)60-23-7-9-38-65-60)42-62(66-43-44-25-27-46(28-26-44)59-22-6-8-37-64-59)48-33-35-55(36-34-48)67-56-20-12-16-52(41-56)50-14-10-13-49(39-50)51-15-11-17-53(40-51)57-21-4-5-24-61(57)68-54-18-2-1-3-19-54;1-3-2/h1-40,42,56,67-68H,41,43,63H2;3H,1H2,2H3/b58-42-,66-62?;. The first-order valence-corrected chi connectivity index (χ1v) is 24.0. The Morgan fingerprint density at radius 1 is 0.592 bits per heavy atom. The molecule has 2 aromatic heterocycles. The topological polar surface area (TPSA) is 88.2 Å². The summed E-state index contributed by atoms with van der Waals surface area (Å²) in [5.41, 5.74) is 25.6. The van der Waals surface area contributed by atoms with Crippen LogP contribution >= 0.6 is 0 Å². The lowest BCUT2D eigenvalue weighted by Crippen LogP contribution is -2.19. The lowest BCUT2D eigenvalue weighted by Gasteiger charge is -2.22. The first kappa shape index (κ1) is 47.0. The summed E-state index contributed by atoms with van der Waals surface area (Å²) in [5.74, 6) is 0. The van der Waals surface area contributed by atoms with Gasteiger partial charge in [0.15, 0.2) is 0 Å². The van der Waals surface area contributed by atoms with Crippen LogP contribution in [0, 0.1) is 0 Å². The minimum atomic E-state index is 0.119. The molecule has 9 aromatic rings. The molecule has 7 aromatic carbocycles. The second kappa shape index (κ2) is 23.3. The van der Waals surface area contributed by atoms with Crippen LogP contribution in [-0.4, -0.2) is 21.7 Å². The molecule has 0 spiro atoms. The van der Waals surface area contributed by atoms with E-state index in [9.17, 15) is 0 Å². The predicted molar refractivity (Wildman–Crippen MR) is 300 cm³/mol. The molecule has 1 unspecified atom stereocenters. The SMILES string of the molecule is C=CC.N/C(=C\C(=NCc1ccc(-c2ccccn2)cc1)c1ccc(NC2C=CC=C(c3cccc(-c4cccc(-c5ccccc5Nc5ccccc5)c4)c3)C2)cc1)c1ccc(-c2ccccn2)cc1. The van der Waals surface area contributed by atoms with Crippen molar-refractivity contribution in [3.63, 3.8) is 0 Å². The molecule has 0 amide bonds. The van der Waals surface area contributed by atoms with Crippen LogP contribution in [0.25, 0.3) is 56.0 Å². The second-order valence-corrected chi connectivity index (χ2v) is 17.2. The zero-order valence-electron chi connectivity index (χ0n) is 39.9. The Balaban J connectivity index is 0.00000203. The summed E-state index contributed by atoms with van der Waals surface area (Å²) in [6.07, 6.45) is 14.8. The smallest absolute Gasteiger partial charge is 0.0701 e. The maximum atomic E-state index is 6.82. The zero-order valence-corrected chi connectivity index (χ0v) is 39.9. The third-order valence-electron chi connectivity index (χ3n) is 12.2. The van der Waals surface area contributed by atoms with Crippen LogP contribution in [0.2, 0.25) is 0 Å². The number of allylic oxidation sites excluding steroid dienone is 4. The molecule has 0 saturated heterocycles. The molecule has 6 heteroatoms. The van der Waals surface area contributed by atoms with Crippen molar-refractivity contribution in [3.05, 3.63) is 284 Å². The van der Waals surface area contributed by atoms with E-state index in [1.54, 1.807) is 12.3 Å². The van der Waals surface area contributed by atoms with Gasteiger partial charge in [-0.05, 0) is 131 Å². The van der Waals surface area contributed by atoms with Gasteiger partial charge < -0.3 is 16.4 Å². The first-order chi connectivity index (χ1) is 35.0. The molecule has 2 heterocycles. The number of hydrogen-bond acceptors (Lipinski definition) is 6. The normalized spacial score (nSPS) is 13.3. The molecule has 0 saturated carbocycles. The Kier molecular flexibility index (Phi) is 15.4. The van der Waals surface area contributed by atoms with Crippen LogP contribution in [0.1, 0.15) is 35.6 Å². The molecule has 1 atom stereocenters. The van der Waals surface area contributed by atoms with Gasteiger partial charge >= 0.3 is 0 Å². The van der Waals surface area contributed by atoms with E-state index in [-0.39, 0.29) is 6.04 Å². The number of pyridine rings is 2. The van der Waals surface area contributed by atoms with Crippen molar-refractivity contribution < 1.29 is 0 Å². The summed E-state index contributed by atoms with van der Waals surface area (Å²) in [5, 5.41) is 7.39. The third-order valence-corrected chi connectivity index (χ3v) is 12.2. The Bertz CT molecular complexity index is 3300. The van der Waals surface area contributed by atoms with E-state index in [4.69, 9.17) is 10.7 Å². The summed E-state index contributed by atoms with van der Waals surface area (Å²) < 4.78 is 0. The Morgan fingerprint density at radius 2 is 1.17 bits per heavy atom. The molecule has 71 heavy (non-hydrogen) atoms. The number of nitrogens with zero attached hydrogens (tertiary/aromatic N) is 3. The van der Waals surface area contributed by atoms with Crippen LogP contribution in [0.15, 0.2) is 267 Å². The number of nitrogens with two attached hydrogens (primary N) is 1. The quantitative estimate of drug-likeness (QED) is 0.0747. The van der Waals surface area contributed by atoms with Crippen LogP contribution in [-0.2, 0) is 6.54 Å². The van der Waals surface area contributed by atoms with E-state index in [2.05, 4.69) is 191 Å². The van der Waals surface area contributed by atoms with Crippen LogP contribution in [0.3, 0.4) is 0 Å². The van der Waals surface area contributed by atoms with Gasteiger partial charge in [-0.1, -0.05) is 170 Å². The van der Waals surface area contributed by atoms with Crippen molar-refractivity contribution in [1.82, 2.24) is 9.97 Å². The van der Waals surface area contributed by atoms with Crippen molar-refractivity contribution in [1.29, 1.82) is 0 Å². The van der Waals surface area contributed by atoms with E-state index in [0.717, 1.165) is 74.0 Å². The lowest BCUT2D eigenvalue weighted by atomic mass is 9.91. The highest BCUT2D eigenvalue weighted by atomic mass is 14.9. The maximum absolute atomic E-state index is 6.82. The molecule has 6 nitrogen and oxygen atoms in total. The monoisotopic (exact) mass is 920 g/mol. The van der Waals surface area contributed by atoms with Crippen molar-refractivity contribution in [2.75, 3.05) is 10.6 Å². The van der Waals surface area contributed by atoms with Gasteiger partial charge in [0.05, 0.1) is 23.6 Å². The summed E-state index contributed by atoms with van der Waals surface area (Å²) in [6, 6.07) is 73.6. The molecule has 0 aliphatic heterocycles. The van der Waals surface area contributed by atoms with Gasteiger partial charge in [-0.15, -0.1) is 6.58 Å². The van der Waals surface area contributed by atoms with E-state index < -0.39 is 0 Å². The number of aromatic nitrogens is 2. The van der Waals surface area contributed by atoms with Gasteiger partial charge in [0.25, 0.3) is 0 Å². The first-order valence-electron chi connectivity index (χ1n) is 24.0. The zero-order chi connectivity index (χ0) is 48.6. The number of nitrogens with one attached hydrogen (secondary N) is 2. The minimum absolute atomic E-state index is 0.119. The molecular weight excluding hydrogens is 865 g/mol. The summed E-state index contributed by atoms with van der Waals surface area (Å²) in [7, 11) is 0. The number of aliphatic imine (C=N–C) groups is 1. The molecule has 0 fully saturated rings. The molecule has 0 bridgehead atoms. The van der Waals surface area contributed by atoms with Crippen LogP contribution < -0.4 is 16.4 Å². The predicted octanol–water partition coefficient (Wildman–Crippen LogP) is 15.9. The summed E-state index contributed by atoms with van der Waals surface area (Å²) >= 11 is 0. The highest BCUT2D eigenvalue weighted by Gasteiger charge is 2.15. The molecule has 4 N–H and O–H groups in total. The van der Waals surface area contributed by atoms with E-state index in [0.29, 0.717) is 12.2 Å². The number of benzene rings is 7. The lowest BCUT2D eigenvalue weighted by molar-refractivity contribution is 0.897. The van der Waals surface area contributed by atoms with E-state index in [1.807, 2.05) is 85.9 Å². The van der Waals surface area contributed by atoms with Gasteiger partial charge in [0.2, 0.25) is 0 Å². The van der Waals surface area contributed by atoms with Crippen LogP contribution in [0.5, 0.6) is 0 Å². The highest BCUT2D eigenvalue weighted by molar-refractivity contribution is 6.12. The number of rotatable bonds is 14. The van der Waals surface area contributed by atoms with Crippen molar-refractivity contribution in [2.45, 2.75) is 25.9 Å². The van der Waals surface area contributed by atoms with Gasteiger partial charge in [-0.2, -0.15) is 0 Å². The third kappa shape index (κ3) is 12.3. The highest BCUT2D eigenvalue weighted by Crippen LogP contribution is 2.35. The van der Waals surface area contributed by atoms with Crippen molar-refractivity contribution in [3.8, 4) is 44.8 Å². The fourth-order valence-electron chi connectivity index (χ4n) is 8.54. The average Bonchev–Trinajstić information content (AvgIpc) is 3.44. The molecular formula is C65H56N6. The molecule has 0 radical (unpaired) electrons. The van der Waals surface area contributed by atoms with Crippen LogP contribution in [0.4, 0.5) is 17.1 Å². The molecule has 346 valence electrons. The van der Waals surface area contributed by atoms with E-state index >= 15 is 0 Å². The van der Waals surface area contributed by atoms with Crippen molar-refractivity contribution in [2.24, 2.45) is 10.7 Å². The Labute approximate surface area is 418 Å². The Hall–Kier alpha value is -9.13. The molecule has 1 aliphatic rings. The van der Waals surface area contributed by atoms with Crippen molar-refractivity contribution >= 4 is 34.0 Å². The average molecular weight is 921 g/mol. The van der Waals surface area contributed by atoms with Gasteiger partial charge in [0, 0.05) is 57.9 Å². The summed E-state index contributed by atoms with van der Waals surface area (Å²) in [6.45, 7) is 5.75. The number of anilines is 3. The van der Waals surface area contributed by atoms with Gasteiger partial charge in [-0.3, -0.25) is 15.0 Å².